The topological polar surface area (TPSA) is 163 Å². The fourth-order valence-corrected chi connectivity index (χ4v) is 11.8. The van der Waals surface area contributed by atoms with Gasteiger partial charge in [-0.3, -0.25) is 19.8 Å². The summed E-state index contributed by atoms with van der Waals surface area (Å²) in [5.41, 5.74) is 4.03. The molecule has 5 aromatic rings. The molecule has 0 radical (unpaired) electrons. The summed E-state index contributed by atoms with van der Waals surface area (Å²) >= 11 is 0. The van der Waals surface area contributed by atoms with Gasteiger partial charge in [-0.25, -0.2) is 22.5 Å². The Morgan fingerprint density at radius 2 is 1.82 bits per heavy atom. The first-order valence-electron chi connectivity index (χ1n) is 21.7. The first-order chi connectivity index (χ1) is 29.9. The minimum Gasteiger partial charge on any atom is -0.489 e. The number of halogens is 1. The van der Waals surface area contributed by atoms with Gasteiger partial charge in [-0.2, -0.15) is 0 Å². The van der Waals surface area contributed by atoms with Crippen LogP contribution in [0.5, 0.6) is 17.2 Å². The molecule has 0 bridgehead atoms. The van der Waals surface area contributed by atoms with Gasteiger partial charge in [0, 0.05) is 61.8 Å². The molecule has 1 saturated carbocycles. The number of aromatic nitrogens is 2. The van der Waals surface area contributed by atoms with Crippen LogP contribution in [0.3, 0.4) is 0 Å². The number of piperidine rings is 1. The third-order valence-corrected chi connectivity index (χ3v) is 15.3. The molecule has 2 atom stereocenters. The highest BCUT2D eigenvalue weighted by Crippen LogP contribution is 2.54. The van der Waals surface area contributed by atoms with Gasteiger partial charge >= 0.3 is 0 Å². The number of carbonyl (C=O) groups excluding carboxylic acids is 1. The maximum Gasteiger partial charge on any atom is 0.297 e. The van der Waals surface area contributed by atoms with Crippen molar-refractivity contribution >= 4 is 44.0 Å². The van der Waals surface area contributed by atoms with E-state index in [9.17, 15) is 27.7 Å². The largest absolute Gasteiger partial charge is 0.489 e. The molecule has 2 N–H and O–H groups in total. The molecule has 62 heavy (non-hydrogen) atoms. The summed E-state index contributed by atoms with van der Waals surface area (Å²) in [6.45, 7) is 8.14. The number of pyridine rings is 1. The average Bonchev–Trinajstić information content (AvgIpc) is 4.03. The molecule has 6 heterocycles. The summed E-state index contributed by atoms with van der Waals surface area (Å²) in [7, 11) is -4.65. The lowest BCUT2D eigenvalue weighted by Crippen LogP contribution is -2.54. The van der Waals surface area contributed by atoms with Crippen LogP contribution in [0, 0.1) is 21.3 Å². The fraction of sp³-hybridized carbons (Fsp3) is 0.435. The Morgan fingerprint density at radius 3 is 2.61 bits per heavy atom. The van der Waals surface area contributed by atoms with Crippen LogP contribution in [-0.2, 0) is 10.0 Å². The van der Waals surface area contributed by atoms with E-state index < -0.39 is 37.3 Å². The van der Waals surface area contributed by atoms with Gasteiger partial charge in [0.2, 0.25) is 0 Å². The first kappa shape index (κ1) is 40.3. The molecule has 10 rings (SSSR count). The van der Waals surface area contributed by atoms with Crippen molar-refractivity contribution in [3.05, 3.63) is 106 Å². The van der Waals surface area contributed by atoms with E-state index in [1.165, 1.54) is 67.4 Å². The molecule has 1 amide bonds. The highest BCUT2D eigenvalue weighted by atomic mass is 32.2. The molecule has 14 nitrogen and oxygen atoms in total. The van der Waals surface area contributed by atoms with Crippen molar-refractivity contribution in [3.8, 4) is 17.2 Å². The maximum atomic E-state index is 14.6. The van der Waals surface area contributed by atoms with Gasteiger partial charge in [-0.15, -0.1) is 0 Å². The van der Waals surface area contributed by atoms with Crippen LogP contribution in [0.4, 0.5) is 21.5 Å². The number of likely N-dealkylation sites (tertiary alicyclic amines) is 1. The number of hydrogen-bond acceptors (Lipinski definition) is 11. The van der Waals surface area contributed by atoms with Crippen molar-refractivity contribution in [3.63, 3.8) is 0 Å². The summed E-state index contributed by atoms with van der Waals surface area (Å²) in [6, 6.07) is 18.6. The van der Waals surface area contributed by atoms with Crippen LogP contribution in [0.2, 0.25) is 0 Å². The Labute approximate surface area is 359 Å². The van der Waals surface area contributed by atoms with E-state index >= 15 is 0 Å². The predicted octanol–water partition coefficient (Wildman–Crippen LogP) is 8.59. The number of hydrogen-bond donors (Lipinski definition) is 2. The Morgan fingerprint density at radius 1 is 1.03 bits per heavy atom. The fourth-order valence-electron chi connectivity index (χ4n) is 10.8. The molecule has 4 aliphatic heterocycles. The number of nitrogens with zero attached hydrogens (tertiary/aromatic N) is 5. The van der Waals surface area contributed by atoms with E-state index in [0.29, 0.717) is 30.2 Å². The molecular weight excluding hydrogens is 814 g/mol. The van der Waals surface area contributed by atoms with Gasteiger partial charge in [-0.05, 0) is 98.6 Å². The van der Waals surface area contributed by atoms with Gasteiger partial charge in [-0.1, -0.05) is 38.1 Å². The van der Waals surface area contributed by atoms with Crippen LogP contribution in [0.15, 0.2) is 78.0 Å². The molecule has 5 aliphatic rings. The summed E-state index contributed by atoms with van der Waals surface area (Å²) in [5.74, 6) is -0.800. The Bertz CT molecular complexity index is 2690. The molecule has 4 fully saturated rings. The molecule has 1 aliphatic carbocycles. The minimum absolute atomic E-state index is 0.0301. The number of anilines is 2. The molecule has 1 spiro atoms. The van der Waals surface area contributed by atoms with Gasteiger partial charge in [0.15, 0.2) is 11.4 Å². The van der Waals surface area contributed by atoms with Gasteiger partial charge in [0.05, 0.1) is 33.0 Å². The average molecular weight is 864 g/mol. The second-order valence-corrected chi connectivity index (χ2v) is 19.7. The zero-order chi connectivity index (χ0) is 42.9. The smallest absolute Gasteiger partial charge is 0.297 e. The Balaban J connectivity index is 0.882. The number of nitrogens with one attached hydrogen (secondary N) is 2. The number of rotatable bonds is 10. The summed E-state index contributed by atoms with van der Waals surface area (Å²) in [6.07, 6.45) is 11.0. The van der Waals surface area contributed by atoms with Crippen molar-refractivity contribution in [1.82, 2.24) is 19.6 Å². The highest BCUT2D eigenvalue weighted by molar-refractivity contribution is 7.90. The molecule has 3 saturated heterocycles. The number of benzene rings is 3. The van der Waals surface area contributed by atoms with E-state index in [0.717, 1.165) is 57.1 Å². The second kappa shape index (κ2) is 15.6. The lowest BCUT2D eigenvalue weighted by Gasteiger charge is -2.56. The third kappa shape index (κ3) is 7.20. The molecule has 0 unspecified atom stereocenters. The summed E-state index contributed by atoms with van der Waals surface area (Å²) in [4.78, 5) is 39.1. The molecule has 16 heteroatoms. The van der Waals surface area contributed by atoms with E-state index in [2.05, 4.69) is 62.6 Å². The zero-order valence-corrected chi connectivity index (χ0v) is 35.6. The zero-order valence-electron chi connectivity index (χ0n) is 34.8. The number of fused-ring (bicyclic) bond motifs is 4. The predicted molar refractivity (Wildman–Crippen MR) is 232 cm³/mol. The van der Waals surface area contributed by atoms with Gasteiger partial charge in [0.25, 0.3) is 21.6 Å². The molecule has 2 aromatic heterocycles. The number of aromatic amines is 1. The van der Waals surface area contributed by atoms with Crippen molar-refractivity contribution in [2.75, 3.05) is 42.6 Å². The summed E-state index contributed by atoms with van der Waals surface area (Å²) in [5, 5.41) is 12.4. The van der Waals surface area contributed by atoms with E-state index in [1.54, 1.807) is 12.1 Å². The lowest BCUT2D eigenvalue weighted by atomic mass is 9.59. The molecule has 324 valence electrons. The van der Waals surface area contributed by atoms with Crippen LogP contribution in [-0.4, -0.2) is 79.0 Å². The molecular formula is C46H50FN7O7S. The third-order valence-electron chi connectivity index (χ3n) is 14.0. The van der Waals surface area contributed by atoms with Crippen molar-refractivity contribution in [2.45, 2.75) is 94.2 Å². The number of nitro groups is 1. The van der Waals surface area contributed by atoms with Crippen molar-refractivity contribution in [2.24, 2.45) is 5.41 Å². The SMILES string of the molecule is CC(C)c1ccccc1[C@H]1CCCN1C1CC2(CCN(c3ccc(C(=O)NS(=O)(=O)c4cc5c(c([N+](=O)[O-])c4)N4CCC[C@H]4CO5)c(Oc4cnc5[nH]cc(F)c5c4)c3)CC2)C1. The van der Waals surface area contributed by atoms with E-state index in [4.69, 9.17) is 9.47 Å². The minimum atomic E-state index is -4.65. The standard InChI is InChI=1S/C46H50FN7O7S/c1-28(2)34-8-3-4-9-35(34)39-10-6-15-52(39)31-23-46(24-31)13-17-51(18-14-46)29-11-12-36(41(19-29)61-32-20-37-38(47)26-49-44(37)48-25-32)45(55)50-62(58,59)33-21-40(54(56)57)43-42(22-33)60-27-30-7-5-16-53(30)43/h3-4,8-9,11-12,19-22,25-26,28,30-31,39H,5-7,10,13-18,23-24,27H2,1-2H3,(H,48,49)(H,50,55)/t30-,39+/m0/s1. The number of amides is 1. The number of ether oxygens (including phenoxy) is 2. The maximum absolute atomic E-state index is 14.6. The monoisotopic (exact) mass is 863 g/mol. The highest BCUT2D eigenvalue weighted by Gasteiger charge is 2.50. The van der Waals surface area contributed by atoms with E-state index in [1.807, 2.05) is 4.90 Å². The van der Waals surface area contributed by atoms with Crippen LogP contribution < -0.4 is 24.0 Å². The van der Waals surface area contributed by atoms with Crippen LogP contribution >= 0.6 is 0 Å². The van der Waals surface area contributed by atoms with Crippen molar-refractivity contribution < 1.29 is 32.0 Å². The lowest BCUT2D eigenvalue weighted by molar-refractivity contribution is -0.384. The first-order valence-corrected chi connectivity index (χ1v) is 23.2. The number of nitro benzene ring substituents is 1. The quantitative estimate of drug-likeness (QED) is 0.102. The van der Waals surface area contributed by atoms with Crippen LogP contribution in [0.1, 0.15) is 98.7 Å². The number of carbonyl (C=O) groups is 1. The van der Waals surface area contributed by atoms with Gasteiger partial charge < -0.3 is 24.3 Å². The van der Waals surface area contributed by atoms with E-state index in [-0.39, 0.29) is 51.9 Å². The van der Waals surface area contributed by atoms with Gasteiger partial charge in [0.1, 0.15) is 29.6 Å². The summed E-state index contributed by atoms with van der Waals surface area (Å²) < 4.78 is 56.5. The normalized spacial score (nSPS) is 21.2. The number of sulfonamides is 1. The van der Waals surface area contributed by atoms with Crippen molar-refractivity contribution in [1.29, 1.82) is 0 Å². The Kier molecular flexibility index (Phi) is 10.1. The Hall–Kier alpha value is -5.74. The number of H-pyrrole nitrogens is 1. The van der Waals surface area contributed by atoms with Crippen LogP contribution in [0.25, 0.3) is 11.0 Å². The molecule has 3 aromatic carbocycles. The second-order valence-electron chi connectivity index (χ2n) is 18.0.